The molecule has 3 heterocycles. The normalized spacial score (nSPS) is 19.5. The van der Waals surface area contributed by atoms with Crippen molar-refractivity contribution in [3.05, 3.63) is 39.7 Å². The van der Waals surface area contributed by atoms with Gasteiger partial charge in [0.1, 0.15) is 5.58 Å². The Morgan fingerprint density at radius 3 is 2.56 bits per heavy atom. The molecule has 2 fully saturated rings. The molecule has 2 aliphatic rings. The van der Waals surface area contributed by atoms with E-state index in [-0.39, 0.29) is 5.63 Å². The number of hydrogen-bond donors (Lipinski definition) is 0. The molecule has 2 aliphatic heterocycles. The molecule has 5 heteroatoms. The first-order valence-corrected chi connectivity index (χ1v) is 9.34. The van der Waals surface area contributed by atoms with E-state index < -0.39 is 0 Å². The molecule has 0 spiro atoms. The molecule has 0 N–H and O–H groups in total. The topological polar surface area (TPSA) is 45.9 Å². The van der Waals surface area contributed by atoms with Gasteiger partial charge < -0.3 is 14.1 Å². The maximum absolute atomic E-state index is 12.6. The lowest BCUT2D eigenvalue weighted by molar-refractivity contribution is 0.0337. The number of hydrogen-bond acceptors (Lipinski definition) is 5. The lowest BCUT2D eigenvalue weighted by Gasteiger charge is -2.29. The molecule has 0 aliphatic carbocycles. The van der Waals surface area contributed by atoms with Crippen molar-refractivity contribution < 1.29 is 9.15 Å². The molecule has 0 amide bonds. The highest BCUT2D eigenvalue weighted by molar-refractivity contribution is 5.84. The highest BCUT2D eigenvalue weighted by atomic mass is 16.5. The highest BCUT2D eigenvalue weighted by Gasteiger charge is 2.18. The van der Waals surface area contributed by atoms with Crippen molar-refractivity contribution in [2.24, 2.45) is 0 Å². The number of piperidine rings is 1. The number of aryl methyl sites for hydroxylation is 1. The van der Waals surface area contributed by atoms with Crippen LogP contribution < -0.4 is 10.5 Å². The van der Waals surface area contributed by atoms with Crippen molar-refractivity contribution >= 4 is 16.7 Å². The Morgan fingerprint density at radius 1 is 1.04 bits per heavy atom. The molecule has 25 heavy (non-hydrogen) atoms. The minimum Gasteiger partial charge on any atom is -0.422 e. The zero-order valence-electron chi connectivity index (χ0n) is 14.9. The van der Waals surface area contributed by atoms with E-state index >= 15 is 0 Å². The molecule has 4 rings (SSSR count). The summed E-state index contributed by atoms with van der Waals surface area (Å²) in [6.07, 6.45) is 3.78. The fourth-order valence-corrected chi connectivity index (χ4v) is 3.90. The average molecular weight is 342 g/mol. The molecule has 1 aromatic carbocycles. The smallest absolute Gasteiger partial charge is 0.341 e. The van der Waals surface area contributed by atoms with Crippen molar-refractivity contribution in [1.29, 1.82) is 0 Å². The summed E-state index contributed by atoms with van der Waals surface area (Å²) >= 11 is 0. The Balaban J connectivity index is 1.66. The summed E-state index contributed by atoms with van der Waals surface area (Å²) in [5.74, 6) is 0. The number of ether oxygens (including phenoxy) is 1. The summed E-state index contributed by atoms with van der Waals surface area (Å²) in [6, 6.07) is 6.31. The van der Waals surface area contributed by atoms with Crippen LogP contribution in [-0.4, -0.2) is 44.3 Å². The summed E-state index contributed by atoms with van der Waals surface area (Å²) in [5.41, 5.74) is 3.49. The number of nitrogens with zero attached hydrogens (tertiary/aromatic N) is 2. The first-order valence-electron chi connectivity index (χ1n) is 9.34. The molecular weight excluding hydrogens is 316 g/mol. The van der Waals surface area contributed by atoms with Crippen molar-refractivity contribution in [3.63, 3.8) is 0 Å². The molecule has 5 nitrogen and oxygen atoms in total. The van der Waals surface area contributed by atoms with Crippen LogP contribution in [0.4, 0.5) is 5.69 Å². The van der Waals surface area contributed by atoms with E-state index in [1.807, 2.05) is 13.0 Å². The number of anilines is 1. The summed E-state index contributed by atoms with van der Waals surface area (Å²) in [4.78, 5) is 17.2. The van der Waals surface area contributed by atoms with Crippen LogP contribution in [-0.2, 0) is 11.3 Å². The number of rotatable bonds is 3. The SMILES string of the molecule is Cc1c(CN2CCOCC2)c(=O)oc2cc(N3CCCCC3)ccc12. The Bertz CT molecular complexity index is 802. The summed E-state index contributed by atoms with van der Waals surface area (Å²) in [5, 5.41) is 1.05. The second-order valence-electron chi connectivity index (χ2n) is 7.11. The van der Waals surface area contributed by atoms with Crippen molar-refractivity contribution in [1.82, 2.24) is 4.90 Å². The molecule has 0 radical (unpaired) electrons. The minimum absolute atomic E-state index is 0.202. The van der Waals surface area contributed by atoms with Crippen LogP contribution in [0.2, 0.25) is 0 Å². The molecule has 0 bridgehead atoms. The second kappa shape index (κ2) is 7.18. The predicted octanol–water partition coefficient (Wildman–Crippen LogP) is 2.92. The van der Waals surface area contributed by atoms with Crippen LogP contribution in [0.3, 0.4) is 0 Å². The third-order valence-corrected chi connectivity index (χ3v) is 5.48. The standard InChI is InChI=1S/C20H26N2O3/c1-15-17-6-5-16(22-7-3-2-4-8-22)13-19(17)25-20(23)18(15)14-21-9-11-24-12-10-21/h5-6,13H,2-4,7-12,14H2,1H3. The second-order valence-corrected chi connectivity index (χ2v) is 7.11. The molecule has 0 unspecified atom stereocenters. The van der Waals surface area contributed by atoms with E-state index in [4.69, 9.17) is 9.15 Å². The fraction of sp³-hybridized carbons (Fsp3) is 0.550. The quantitative estimate of drug-likeness (QED) is 0.803. The maximum atomic E-state index is 12.6. The van der Waals surface area contributed by atoms with Gasteiger partial charge in [0, 0.05) is 49.9 Å². The van der Waals surface area contributed by atoms with Crippen LogP contribution in [0, 0.1) is 6.92 Å². The Kier molecular flexibility index (Phi) is 4.77. The minimum atomic E-state index is -0.202. The summed E-state index contributed by atoms with van der Waals surface area (Å²) < 4.78 is 11.1. The van der Waals surface area contributed by atoms with Crippen LogP contribution in [0.5, 0.6) is 0 Å². The number of fused-ring (bicyclic) bond motifs is 1. The highest BCUT2D eigenvalue weighted by Crippen LogP contribution is 2.27. The lowest BCUT2D eigenvalue weighted by Crippen LogP contribution is -2.37. The Morgan fingerprint density at radius 2 is 1.80 bits per heavy atom. The molecule has 2 aromatic rings. The van der Waals surface area contributed by atoms with Crippen LogP contribution >= 0.6 is 0 Å². The van der Waals surface area contributed by atoms with Gasteiger partial charge in [-0.15, -0.1) is 0 Å². The van der Waals surface area contributed by atoms with Gasteiger partial charge >= 0.3 is 5.63 Å². The van der Waals surface area contributed by atoms with Crippen LogP contribution in [0.15, 0.2) is 27.4 Å². The first kappa shape index (κ1) is 16.6. The van der Waals surface area contributed by atoms with Gasteiger partial charge in [-0.25, -0.2) is 4.79 Å². The lowest BCUT2D eigenvalue weighted by atomic mass is 10.0. The molecule has 1 aromatic heterocycles. The van der Waals surface area contributed by atoms with Gasteiger partial charge in [0.15, 0.2) is 0 Å². The molecule has 2 saturated heterocycles. The third kappa shape index (κ3) is 3.44. The maximum Gasteiger partial charge on any atom is 0.341 e. The van der Waals surface area contributed by atoms with E-state index in [1.165, 1.54) is 19.3 Å². The van der Waals surface area contributed by atoms with Crippen LogP contribution in [0.25, 0.3) is 11.0 Å². The van der Waals surface area contributed by atoms with E-state index in [0.29, 0.717) is 12.1 Å². The fourth-order valence-electron chi connectivity index (χ4n) is 3.90. The zero-order valence-corrected chi connectivity index (χ0v) is 14.9. The zero-order chi connectivity index (χ0) is 17.2. The summed E-state index contributed by atoms with van der Waals surface area (Å²) in [6.45, 7) is 8.05. The van der Waals surface area contributed by atoms with E-state index in [0.717, 1.165) is 61.6 Å². The molecule has 134 valence electrons. The Labute approximate surface area is 148 Å². The summed E-state index contributed by atoms with van der Waals surface area (Å²) in [7, 11) is 0. The van der Waals surface area contributed by atoms with Gasteiger partial charge in [-0.1, -0.05) is 0 Å². The number of morpholine rings is 1. The molecular formula is C20H26N2O3. The number of benzene rings is 1. The van der Waals surface area contributed by atoms with Gasteiger partial charge in [-0.2, -0.15) is 0 Å². The third-order valence-electron chi connectivity index (χ3n) is 5.48. The Hall–Kier alpha value is -1.85. The van der Waals surface area contributed by atoms with E-state index in [2.05, 4.69) is 21.9 Å². The average Bonchev–Trinajstić information content (AvgIpc) is 2.66. The molecule has 0 saturated carbocycles. The van der Waals surface area contributed by atoms with Gasteiger partial charge in [0.25, 0.3) is 0 Å². The first-order chi connectivity index (χ1) is 12.2. The molecule has 0 atom stereocenters. The van der Waals surface area contributed by atoms with E-state index in [9.17, 15) is 4.79 Å². The van der Waals surface area contributed by atoms with Gasteiger partial charge in [-0.3, -0.25) is 4.90 Å². The van der Waals surface area contributed by atoms with Gasteiger partial charge in [-0.05, 0) is 43.9 Å². The van der Waals surface area contributed by atoms with Gasteiger partial charge in [0.05, 0.1) is 18.8 Å². The van der Waals surface area contributed by atoms with Crippen molar-refractivity contribution in [3.8, 4) is 0 Å². The van der Waals surface area contributed by atoms with Crippen molar-refractivity contribution in [2.45, 2.75) is 32.7 Å². The van der Waals surface area contributed by atoms with Gasteiger partial charge in [0.2, 0.25) is 0 Å². The predicted molar refractivity (Wildman–Crippen MR) is 99.4 cm³/mol. The van der Waals surface area contributed by atoms with E-state index in [1.54, 1.807) is 0 Å². The van der Waals surface area contributed by atoms with Crippen LogP contribution in [0.1, 0.15) is 30.4 Å². The van der Waals surface area contributed by atoms with Crippen molar-refractivity contribution in [2.75, 3.05) is 44.3 Å². The largest absolute Gasteiger partial charge is 0.422 e. The monoisotopic (exact) mass is 342 g/mol.